The number of carbonyl (C=O) groups is 1. The van der Waals surface area contributed by atoms with E-state index >= 15 is 0 Å². The van der Waals surface area contributed by atoms with E-state index in [0.29, 0.717) is 16.8 Å². The van der Waals surface area contributed by atoms with Crippen LogP contribution in [0, 0.1) is 20.8 Å². The molecule has 1 aliphatic heterocycles. The molecule has 5 nitrogen and oxygen atoms in total. The number of nitrogens with zero attached hydrogens (tertiary/aromatic N) is 1. The molecule has 0 aromatic heterocycles. The second kappa shape index (κ2) is 7.72. The van der Waals surface area contributed by atoms with E-state index in [4.69, 9.17) is 0 Å². The average molecular weight is 387 g/mol. The number of sulfonamides is 1. The molecule has 0 saturated carbocycles. The van der Waals surface area contributed by atoms with Crippen molar-refractivity contribution in [3.63, 3.8) is 0 Å². The molecule has 0 spiro atoms. The van der Waals surface area contributed by atoms with Gasteiger partial charge in [0.1, 0.15) is 0 Å². The van der Waals surface area contributed by atoms with Gasteiger partial charge >= 0.3 is 0 Å². The first-order valence-electron chi connectivity index (χ1n) is 9.28. The van der Waals surface area contributed by atoms with Crippen molar-refractivity contribution in [3.05, 3.63) is 58.7 Å². The van der Waals surface area contributed by atoms with Crippen molar-refractivity contribution < 1.29 is 13.2 Å². The van der Waals surface area contributed by atoms with Gasteiger partial charge in [0.2, 0.25) is 0 Å². The van der Waals surface area contributed by atoms with Crippen molar-refractivity contribution in [1.82, 2.24) is 4.90 Å². The van der Waals surface area contributed by atoms with Crippen LogP contribution in [0.1, 0.15) is 46.3 Å². The summed E-state index contributed by atoms with van der Waals surface area (Å²) in [5, 5.41) is 0. The maximum atomic E-state index is 13.0. The molecule has 6 heteroatoms. The first-order valence-corrected chi connectivity index (χ1v) is 10.8. The molecular formula is C21H26N2O3S. The highest BCUT2D eigenvalue weighted by Crippen LogP contribution is 2.24. The van der Waals surface area contributed by atoms with Crippen molar-refractivity contribution in [2.75, 3.05) is 17.8 Å². The van der Waals surface area contributed by atoms with Gasteiger partial charge < -0.3 is 4.90 Å². The SMILES string of the molecule is Cc1ccc(NS(=O)(=O)c2cc(C(=O)N3CCCCC3)ccc2C)c(C)c1. The summed E-state index contributed by atoms with van der Waals surface area (Å²) in [5.41, 5.74) is 3.51. The maximum Gasteiger partial charge on any atom is 0.262 e. The summed E-state index contributed by atoms with van der Waals surface area (Å²) < 4.78 is 28.6. The van der Waals surface area contributed by atoms with Crippen LogP contribution in [0.2, 0.25) is 0 Å². The Hall–Kier alpha value is -2.34. The van der Waals surface area contributed by atoms with E-state index in [1.165, 1.54) is 6.07 Å². The number of aryl methyl sites for hydroxylation is 3. The summed E-state index contributed by atoms with van der Waals surface area (Å²) in [6.07, 6.45) is 3.13. The van der Waals surface area contributed by atoms with Gasteiger partial charge in [-0.25, -0.2) is 8.42 Å². The number of benzene rings is 2. The van der Waals surface area contributed by atoms with Crippen molar-refractivity contribution in [3.8, 4) is 0 Å². The van der Waals surface area contributed by atoms with Gasteiger partial charge in [0.15, 0.2) is 0 Å². The Morgan fingerprint density at radius 2 is 1.63 bits per heavy atom. The number of piperidine rings is 1. The lowest BCUT2D eigenvalue weighted by Crippen LogP contribution is -2.35. The molecule has 144 valence electrons. The highest BCUT2D eigenvalue weighted by Gasteiger charge is 2.23. The van der Waals surface area contributed by atoms with Crippen LogP contribution in [0.15, 0.2) is 41.3 Å². The third kappa shape index (κ3) is 4.33. The van der Waals surface area contributed by atoms with Crippen LogP contribution in [-0.2, 0) is 10.0 Å². The van der Waals surface area contributed by atoms with Crippen LogP contribution >= 0.6 is 0 Å². The van der Waals surface area contributed by atoms with E-state index in [2.05, 4.69) is 4.72 Å². The largest absolute Gasteiger partial charge is 0.339 e. The number of carbonyl (C=O) groups excluding carboxylic acids is 1. The fourth-order valence-electron chi connectivity index (χ4n) is 3.43. The van der Waals surface area contributed by atoms with Crippen LogP contribution in [0.25, 0.3) is 0 Å². The summed E-state index contributed by atoms with van der Waals surface area (Å²) in [6, 6.07) is 10.5. The zero-order chi connectivity index (χ0) is 19.6. The summed E-state index contributed by atoms with van der Waals surface area (Å²) in [5.74, 6) is -0.0994. The molecule has 1 aliphatic rings. The fraction of sp³-hybridized carbons (Fsp3) is 0.381. The number of likely N-dealkylation sites (tertiary alicyclic amines) is 1. The smallest absolute Gasteiger partial charge is 0.262 e. The van der Waals surface area contributed by atoms with Crippen molar-refractivity contribution in [1.29, 1.82) is 0 Å². The Morgan fingerprint density at radius 3 is 2.30 bits per heavy atom. The van der Waals surface area contributed by atoms with Gasteiger partial charge in [0.05, 0.1) is 10.6 Å². The minimum Gasteiger partial charge on any atom is -0.339 e. The van der Waals surface area contributed by atoms with Crippen LogP contribution in [0.4, 0.5) is 5.69 Å². The molecule has 3 rings (SSSR count). The van der Waals surface area contributed by atoms with E-state index in [1.54, 1.807) is 25.1 Å². The van der Waals surface area contributed by atoms with Crippen LogP contribution < -0.4 is 4.72 Å². The normalized spacial score (nSPS) is 14.9. The van der Waals surface area contributed by atoms with Gasteiger partial charge in [-0.05, 0) is 69.4 Å². The Morgan fingerprint density at radius 1 is 0.926 bits per heavy atom. The number of rotatable bonds is 4. The standard InChI is InChI=1S/C21H26N2O3S/c1-15-7-10-19(17(3)13-15)22-27(25,26)20-14-18(9-8-16(20)2)21(24)23-11-5-4-6-12-23/h7-10,13-14,22H,4-6,11-12H2,1-3H3. The van der Waals surface area contributed by atoms with E-state index in [9.17, 15) is 13.2 Å². The topological polar surface area (TPSA) is 66.5 Å². The quantitative estimate of drug-likeness (QED) is 0.862. The first-order chi connectivity index (χ1) is 12.8. The predicted octanol–water partition coefficient (Wildman–Crippen LogP) is 4.04. The molecule has 0 atom stereocenters. The number of hydrogen-bond donors (Lipinski definition) is 1. The summed E-state index contributed by atoms with van der Waals surface area (Å²) in [7, 11) is -3.79. The second-order valence-corrected chi connectivity index (χ2v) is 8.91. The zero-order valence-corrected chi connectivity index (χ0v) is 16.9. The monoisotopic (exact) mass is 386 g/mol. The second-order valence-electron chi connectivity index (χ2n) is 7.26. The van der Waals surface area contributed by atoms with Gasteiger partial charge in [0, 0.05) is 18.7 Å². The molecule has 0 unspecified atom stereocenters. The zero-order valence-electron chi connectivity index (χ0n) is 16.1. The lowest BCUT2D eigenvalue weighted by atomic mass is 10.1. The van der Waals surface area contributed by atoms with E-state index in [0.717, 1.165) is 43.5 Å². The van der Waals surface area contributed by atoms with E-state index in [-0.39, 0.29) is 10.8 Å². The molecule has 2 aromatic rings. The third-order valence-electron chi connectivity index (χ3n) is 4.99. The molecule has 1 amide bonds. The molecule has 1 N–H and O–H groups in total. The molecule has 1 fully saturated rings. The van der Waals surface area contributed by atoms with Crippen molar-refractivity contribution in [2.24, 2.45) is 0 Å². The molecule has 1 heterocycles. The predicted molar refractivity (Wildman–Crippen MR) is 108 cm³/mol. The lowest BCUT2D eigenvalue weighted by molar-refractivity contribution is 0.0724. The van der Waals surface area contributed by atoms with Gasteiger partial charge in [-0.1, -0.05) is 23.8 Å². The summed E-state index contributed by atoms with van der Waals surface area (Å²) in [4.78, 5) is 14.7. The molecular weight excluding hydrogens is 360 g/mol. The molecule has 27 heavy (non-hydrogen) atoms. The Bertz CT molecular complexity index is 961. The third-order valence-corrected chi connectivity index (χ3v) is 6.50. The van der Waals surface area contributed by atoms with Crippen LogP contribution in [0.5, 0.6) is 0 Å². The first kappa shape index (κ1) is 19.4. The molecule has 2 aromatic carbocycles. The average Bonchev–Trinajstić information content (AvgIpc) is 2.64. The van der Waals surface area contributed by atoms with Crippen molar-refractivity contribution >= 4 is 21.6 Å². The number of nitrogens with one attached hydrogen (secondary N) is 1. The Labute approximate surface area is 161 Å². The minimum absolute atomic E-state index is 0.0994. The number of hydrogen-bond acceptors (Lipinski definition) is 3. The lowest BCUT2D eigenvalue weighted by Gasteiger charge is -2.27. The molecule has 0 aliphatic carbocycles. The maximum absolute atomic E-state index is 13.0. The van der Waals surface area contributed by atoms with Gasteiger partial charge in [-0.2, -0.15) is 0 Å². The molecule has 1 saturated heterocycles. The van der Waals surface area contributed by atoms with Gasteiger partial charge in [-0.3, -0.25) is 9.52 Å². The van der Waals surface area contributed by atoms with E-state index in [1.807, 2.05) is 30.9 Å². The number of anilines is 1. The van der Waals surface area contributed by atoms with E-state index < -0.39 is 10.0 Å². The Balaban J connectivity index is 1.91. The van der Waals surface area contributed by atoms with Crippen LogP contribution in [-0.4, -0.2) is 32.3 Å². The summed E-state index contributed by atoms with van der Waals surface area (Å²) in [6.45, 7) is 7.04. The highest BCUT2D eigenvalue weighted by molar-refractivity contribution is 7.92. The molecule has 0 radical (unpaired) electrons. The fourth-order valence-corrected chi connectivity index (χ4v) is 4.83. The highest BCUT2D eigenvalue weighted by atomic mass is 32.2. The minimum atomic E-state index is -3.79. The van der Waals surface area contributed by atoms with Crippen molar-refractivity contribution in [2.45, 2.75) is 44.9 Å². The van der Waals surface area contributed by atoms with Gasteiger partial charge in [0.25, 0.3) is 15.9 Å². The molecule has 0 bridgehead atoms. The number of amides is 1. The van der Waals surface area contributed by atoms with Crippen LogP contribution in [0.3, 0.4) is 0 Å². The Kier molecular flexibility index (Phi) is 5.56. The summed E-state index contributed by atoms with van der Waals surface area (Å²) >= 11 is 0. The van der Waals surface area contributed by atoms with Gasteiger partial charge in [-0.15, -0.1) is 0 Å².